The number of nitrogens with one attached hydrogen (secondary N) is 2. The number of H-pyrrole nitrogens is 1. The Balaban J connectivity index is 1.26. The van der Waals surface area contributed by atoms with Crippen LogP contribution in [0, 0.1) is 17.8 Å². The van der Waals surface area contributed by atoms with Crippen LogP contribution in [0.5, 0.6) is 0 Å². The SMILES string of the molecule is C[C@@H](NC(=O)CSc1n[nH]c(-c2ccco2)n1)[C@H]1C[C@H]2CC[C@H]1C2. The molecule has 0 saturated heterocycles. The summed E-state index contributed by atoms with van der Waals surface area (Å²) in [5, 5.41) is 10.7. The first kappa shape index (κ1) is 15.7. The molecule has 128 valence electrons. The Morgan fingerprint density at radius 1 is 1.50 bits per heavy atom. The summed E-state index contributed by atoms with van der Waals surface area (Å²) < 4.78 is 5.27. The molecule has 4 atom stereocenters. The number of carbonyl (C=O) groups excluding carboxylic acids is 1. The third-order valence-electron chi connectivity index (χ3n) is 5.38. The van der Waals surface area contributed by atoms with Crippen LogP contribution in [0.3, 0.4) is 0 Å². The predicted molar refractivity (Wildman–Crippen MR) is 91.4 cm³/mol. The number of aromatic nitrogens is 3. The summed E-state index contributed by atoms with van der Waals surface area (Å²) in [6.07, 6.45) is 6.98. The maximum atomic E-state index is 12.2. The van der Waals surface area contributed by atoms with Gasteiger partial charge in [-0.2, -0.15) is 4.98 Å². The highest BCUT2D eigenvalue weighted by Gasteiger charge is 2.42. The summed E-state index contributed by atoms with van der Waals surface area (Å²) in [5.41, 5.74) is 0. The predicted octanol–water partition coefficient (Wildman–Crippen LogP) is 3.10. The first-order valence-electron chi connectivity index (χ1n) is 8.57. The lowest BCUT2D eigenvalue weighted by atomic mass is 9.84. The molecule has 6 nitrogen and oxygen atoms in total. The molecule has 0 aromatic carbocycles. The molecule has 0 radical (unpaired) electrons. The van der Waals surface area contributed by atoms with Crippen molar-refractivity contribution >= 4 is 17.7 Å². The number of fused-ring (bicyclic) bond motifs is 2. The fourth-order valence-corrected chi connectivity index (χ4v) is 4.88. The van der Waals surface area contributed by atoms with Crippen LogP contribution in [-0.2, 0) is 4.79 Å². The number of rotatable bonds is 6. The van der Waals surface area contributed by atoms with Crippen molar-refractivity contribution in [2.24, 2.45) is 17.8 Å². The van der Waals surface area contributed by atoms with Crippen molar-refractivity contribution in [3.05, 3.63) is 18.4 Å². The molecule has 4 rings (SSSR count). The summed E-state index contributed by atoms with van der Waals surface area (Å²) in [7, 11) is 0. The van der Waals surface area contributed by atoms with Crippen LogP contribution in [-0.4, -0.2) is 32.9 Å². The van der Waals surface area contributed by atoms with Gasteiger partial charge in [0, 0.05) is 6.04 Å². The van der Waals surface area contributed by atoms with Gasteiger partial charge in [0.2, 0.25) is 11.1 Å². The summed E-state index contributed by atoms with van der Waals surface area (Å²) >= 11 is 1.34. The summed E-state index contributed by atoms with van der Waals surface area (Å²) in [6.45, 7) is 2.15. The summed E-state index contributed by atoms with van der Waals surface area (Å²) in [6, 6.07) is 3.88. The van der Waals surface area contributed by atoms with E-state index in [2.05, 4.69) is 27.4 Å². The Morgan fingerprint density at radius 3 is 3.12 bits per heavy atom. The van der Waals surface area contributed by atoms with Crippen LogP contribution in [0.25, 0.3) is 11.6 Å². The zero-order valence-corrected chi connectivity index (χ0v) is 14.5. The second-order valence-corrected chi connectivity index (χ2v) is 7.87. The number of hydrogen-bond donors (Lipinski definition) is 2. The quantitative estimate of drug-likeness (QED) is 0.785. The topological polar surface area (TPSA) is 83.8 Å². The van der Waals surface area contributed by atoms with Gasteiger partial charge in [-0.15, -0.1) is 5.10 Å². The van der Waals surface area contributed by atoms with Crippen molar-refractivity contribution in [3.63, 3.8) is 0 Å². The molecule has 2 bridgehead atoms. The Morgan fingerprint density at radius 2 is 2.42 bits per heavy atom. The lowest BCUT2D eigenvalue weighted by Crippen LogP contribution is -2.40. The van der Waals surface area contributed by atoms with E-state index in [4.69, 9.17) is 4.42 Å². The van der Waals surface area contributed by atoms with E-state index in [-0.39, 0.29) is 11.9 Å². The average Bonchev–Trinajstić information content (AvgIpc) is 3.37. The fraction of sp³-hybridized carbons (Fsp3) is 0.588. The maximum absolute atomic E-state index is 12.2. The lowest BCUT2D eigenvalue weighted by Gasteiger charge is -2.28. The molecular formula is C17H22N4O2S. The molecule has 2 heterocycles. The van der Waals surface area contributed by atoms with Gasteiger partial charge in [-0.1, -0.05) is 18.2 Å². The number of nitrogens with zero attached hydrogens (tertiary/aromatic N) is 2. The first-order chi connectivity index (χ1) is 11.7. The van der Waals surface area contributed by atoms with Crippen molar-refractivity contribution in [1.82, 2.24) is 20.5 Å². The number of furan rings is 1. The third kappa shape index (κ3) is 3.22. The van der Waals surface area contributed by atoms with Crippen molar-refractivity contribution in [2.75, 3.05) is 5.75 Å². The normalized spacial score (nSPS) is 26.6. The minimum absolute atomic E-state index is 0.0552. The van der Waals surface area contributed by atoms with Gasteiger partial charge in [0.15, 0.2) is 11.6 Å². The summed E-state index contributed by atoms with van der Waals surface area (Å²) in [4.78, 5) is 16.5. The van der Waals surface area contributed by atoms with E-state index in [0.717, 1.165) is 11.8 Å². The largest absolute Gasteiger partial charge is 0.461 e. The molecule has 24 heavy (non-hydrogen) atoms. The second-order valence-electron chi connectivity index (χ2n) is 6.93. The van der Waals surface area contributed by atoms with E-state index >= 15 is 0 Å². The molecule has 7 heteroatoms. The highest BCUT2D eigenvalue weighted by Crippen LogP contribution is 2.49. The molecule has 2 saturated carbocycles. The monoisotopic (exact) mass is 346 g/mol. The Labute approximate surface area is 145 Å². The molecule has 2 aliphatic rings. The van der Waals surface area contributed by atoms with Gasteiger partial charge in [-0.05, 0) is 56.1 Å². The molecule has 0 aliphatic heterocycles. The van der Waals surface area contributed by atoms with Crippen LogP contribution >= 0.6 is 11.8 Å². The van der Waals surface area contributed by atoms with E-state index in [9.17, 15) is 4.79 Å². The van der Waals surface area contributed by atoms with E-state index in [0.29, 0.717) is 28.4 Å². The number of thioether (sulfide) groups is 1. The highest BCUT2D eigenvalue weighted by atomic mass is 32.2. The van der Waals surface area contributed by atoms with Gasteiger partial charge < -0.3 is 9.73 Å². The van der Waals surface area contributed by atoms with Crippen LogP contribution < -0.4 is 5.32 Å². The Bertz CT molecular complexity index is 699. The molecule has 2 aromatic rings. The van der Waals surface area contributed by atoms with Crippen LogP contribution in [0.2, 0.25) is 0 Å². The van der Waals surface area contributed by atoms with Crippen molar-refractivity contribution < 1.29 is 9.21 Å². The lowest BCUT2D eigenvalue weighted by molar-refractivity contribution is -0.119. The number of hydrogen-bond acceptors (Lipinski definition) is 5. The molecular weight excluding hydrogens is 324 g/mol. The number of amides is 1. The Hall–Kier alpha value is -1.76. The van der Waals surface area contributed by atoms with Gasteiger partial charge in [0.25, 0.3) is 0 Å². The van der Waals surface area contributed by atoms with E-state index in [1.165, 1.54) is 37.4 Å². The van der Waals surface area contributed by atoms with Crippen LogP contribution in [0.15, 0.2) is 28.0 Å². The molecule has 2 N–H and O–H groups in total. The van der Waals surface area contributed by atoms with Gasteiger partial charge in [-0.3, -0.25) is 9.89 Å². The zero-order chi connectivity index (χ0) is 16.5. The average molecular weight is 346 g/mol. The maximum Gasteiger partial charge on any atom is 0.230 e. The molecule has 1 amide bonds. The molecule has 2 aromatic heterocycles. The number of aromatic amines is 1. The molecule has 2 aliphatic carbocycles. The molecule has 0 spiro atoms. The van der Waals surface area contributed by atoms with Crippen LogP contribution in [0.1, 0.15) is 32.6 Å². The number of carbonyl (C=O) groups is 1. The van der Waals surface area contributed by atoms with Crippen molar-refractivity contribution in [1.29, 1.82) is 0 Å². The Kier molecular flexibility index (Phi) is 4.35. The van der Waals surface area contributed by atoms with Crippen LogP contribution in [0.4, 0.5) is 0 Å². The van der Waals surface area contributed by atoms with Crippen molar-refractivity contribution in [3.8, 4) is 11.6 Å². The van der Waals surface area contributed by atoms with E-state index in [1.54, 1.807) is 12.3 Å². The van der Waals surface area contributed by atoms with Gasteiger partial charge in [0.1, 0.15) is 0 Å². The smallest absolute Gasteiger partial charge is 0.230 e. The third-order valence-corrected chi connectivity index (χ3v) is 6.22. The first-order valence-corrected chi connectivity index (χ1v) is 9.56. The standard InChI is InChI=1S/C17H22N4O2S/c1-10(13-8-11-4-5-12(13)7-11)18-15(22)9-24-17-19-16(20-21-17)14-3-2-6-23-14/h2-3,6,10-13H,4-5,7-9H2,1H3,(H,18,22)(H,19,20,21)/t10-,11+,12+,13-/m1/s1. The van der Waals surface area contributed by atoms with Gasteiger partial charge in [0.05, 0.1) is 12.0 Å². The van der Waals surface area contributed by atoms with E-state index in [1.807, 2.05) is 6.07 Å². The minimum Gasteiger partial charge on any atom is -0.461 e. The molecule has 2 fully saturated rings. The van der Waals surface area contributed by atoms with Gasteiger partial charge in [-0.25, -0.2) is 0 Å². The van der Waals surface area contributed by atoms with Crippen molar-refractivity contribution in [2.45, 2.75) is 43.8 Å². The second kappa shape index (κ2) is 6.63. The summed E-state index contributed by atoms with van der Waals surface area (Å²) in [5.74, 6) is 4.00. The minimum atomic E-state index is 0.0552. The van der Waals surface area contributed by atoms with E-state index < -0.39 is 0 Å². The zero-order valence-electron chi connectivity index (χ0n) is 13.7. The highest BCUT2D eigenvalue weighted by molar-refractivity contribution is 7.99. The van der Waals surface area contributed by atoms with Gasteiger partial charge >= 0.3 is 0 Å². The fourth-order valence-electron chi connectivity index (χ4n) is 4.27. The molecule has 0 unspecified atom stereocenters.